The van der Waals surface area contributed by atoms with E-state index >= 15 is 0 Å². The Morgan fingerprint density at radius 1 is 1.11 bits per heavy atom. The molecule has 0 saturated carbocycles. The van der Waals surface area contributed by atoms with Gasteiger partial charge in [0, 0.05) is 19.0 Å². The summed E-state index contributed by atoms with van der Waals surface area (Å²) in [4.78, 5) is 0. The molecule has 0 unspecified atom stereocenters. The van der Waals surface area contributed by atoms with Crippen molar-refractivity contribution in [1.82, 2.24) is 15.5 Å². The van der Waals surface area contributed by atoms with E-state index in [9.17, 15) is 0 Å². The van der Waals surface area contributed by atoms with Gasteiger partial charge in [0.1, 0.15) is 0 Å². The van der Waals surface area contributed by atoms with Gasteiger partial charge in [-0.05, 0) is 36.2 Å². The van der Waals surface area contributed by atoms with Gasteiger partial charge < -0.3 is 9.73 Å². The Labute approximate surface area is 106 Å². The van der Waals surface area contributed by atoms with Crippen molar-refractivity contribution in [1.29, 1.82) is 0 Å². The summed E-state index contributed by atoms with van der Waals surface area (Å²) in [7, 11) is 0. The Kier molecular flexibility index (Phi) is 2.94. The highest BCUT2D eigenvalue weighted by molar-refractivity contribution is 5.68. The Bertz CT molecular complexity index is 569. The van der Waals surface area contributed by atoms with Gasteiger partial charge in [0.25, 0.3) is 0 Å². The van der Waals surface area contributed by atoms with Gasteiger partial charge in [0.2, 0.25) is 11.8 Å². The van der Waals surface area contributed by atoms with Crippen molar-refractivity contribution in [3.8, 4) is 11.5 Å². The summed E-state index contributed by atoms with van der Waals surface area (Å²) in [5.74, 6) is 1.17. The molecule has 2 aromatic rings. The Balaban J connectivity index is 1.87. The van der Waals surface area contributed by atoms with Crippen LogP contribution in [0.1, 0.15) is 17.9 Å². The van der Waals surface area contributed by atoms with Crippen LogP contribution >= 0.6 is 0 Å². The lowest BCUT2D eigenvalue weighted by Gasteiger charge is -2.14. The molecule has 0 bridgehead atoms. The molecule has 1 aliphatic rings. The fourth-order valence-electron chi connectivity index (χ4n) is 2.12. The predicted octanol–water partition coefficient (Wildman–Crippen LogP) is 2.42. The summed E-state index contributed by atoms with van der Waals surface area (Å²) in [5, 5.41) is 11.2. The van der Waals surface area contributed by atoms with Crippen molar-refractivity contribution < 1.29 is 4.42 Å². The third kappa shape index (κ3) is 2.19. The van der Waals surface area contributed by atoms with E-state index in [4.69, 9.17) is 4.42 Å². The van der Waals surface area contributed by atoms with Crippen LogP contribution in [0.2, 0.25) is 0 Å². The van der Waals surface area contributed by atoms with E-state index in [0.29, 0.717) is 11.8 Å². The zero-order valence-electron chi connectivity index (χ0n) is 10.3. The Morgan fingerprint density at radius 2 is 1.89 bits per heavy atom. The molecule has 0 atom stereocenters. The second-order valence-electron chi connectivity index (χ2n) is 4.39. The molecule has 4 nitrogen and oxygen atoms in total. The number of benzene rings is 1. The second kappa shape index (κ2) is 4.74. The van der Waals surface area contributed by atoms with Crippen LogP contribution in [-0.4, -0.2) is 23.3 Å². The summed E-state index contributed by atoms with van der Waals surface area (Å²) < 4.78 is 5.41. The minimum Gasteiger partial charge on any atom is -0.421 e. The maximum atomic E-state index is 5.41. The van der Waals surface area contributed by atoms with E-state index in [0.717, 1.165) is 25.1 Å². The maximum absolute atomic E-state index is 5.41. The lowest BCUT2D eigenvalue weighted by Crippen LogP contribution is -2.19. The number of nitrogens with one attached hydrogen (secondary N) is 1. The number of rotatable bonds is 2. The first kappa shape index (κ1) is 11.2. The van der Waals surface area contributed by atoms with E-state index in [2.05, 4.69) is 33.7 Å². The quantitative estimate of drug-likeness (QED) is 0.877. The third-order valence-corrected chi connectivity index (χ3v) is 3.09. The van der Waals surface area contributed by atoms with Gasteiger partial charge in [-0.15, -0.1) is 10.2 Å². The molecule has 0 aliphatic carbocycles. The highest BCUT2D eigenvalue weighted by atomic mass is 16.4. The van der Waals surface area contributed by atoms with E-state index in [1.165, 1.54) is 11.1 Å². The molecule has 0 spiro atoms. The van der Waals surface area contributed by atoms with Crippen molar-refractivity contribution in [2.75, 3.05) is 13.1 Å². The SMILES string of the molecule is Cc1nnc(-c2ccc(C3=CCNCC3)cc2)o1. The van der Waals surface area contributed by atoms with Crippen LogP contribution < -0.4 is 5.32 Å². The van der Waals surface area contributed by atoms with Crippen LogP contribution in [0.25, 0.3) is 17.0 Å². The van der Waals surface area contributed by atoms with Crippen LogP contribution in [0.15, 0.2) is 34.8 Å². The molecule has 1 aromatic carbocycles. The van der Waals surface area contributed by atoms with Crippen LogP contribution in [0.4, 0.5) is 0 Å². The van der Waals surface area contributed by atoms with E-state index in [1.54, 1.807) is 6.92 Å². The van der Waals surface area contributed by atoms with Crippen LogP contribution in [0.3, 0.4) is 0 Å². The molecule has 1 aromatic heterocycles. The number of hydrogen-bond donors (Lipinski definition) is 1. The topological polar surface area (TPSA) is 51.0 Å². The molecular weight excluding hydrogens is 226 g/mol. The number of aryl methyl sites for hydroxylation is 1. The molecule has 1 N–H and O–H groups in total. The van der Waals surface area contributed by atoms with Gasteiger partial charge in [-0.25, -0.2) is 0 Å². The molecule has 2 heterocycles. The lowest BCUT2D eigenvalue weighted by atomic mass is 9.99. The predicted molar refractivity (Wildman–Crippen MR) is 69.9 cm³/mol. The van der Waals surface area contributed by atoms with E-state index in [-0.39, 0.29) is 0 Å². The number of nitrogens with zero attached hydrogens (tertiary/aromatic N) is 2. The summed E-state index contributed by atoms with van der Waals surface area (Å²) in [6.45, 7) is 3.81. The van der Waals surface area contributed by atoms with Gasteiger partial charge in [0.15, 0.2) is 0 Å². The molecule has 0 radical (unpaired) electrons. The van der Waals surface area contributed by atoms with Crippen LogP contribution in [-0.2, 0) is 0 Å². The normalized spacial score (nSPS) is 15.5. The van der Waals surface area contributed by atoms with Crippen molar-refractivity contribution in [2.45, 2.75) is 13.3 Å². The monoisotopic (exact) mass is 241 g/mol. The standard InChI is InChI=1S/C14H15N3O/c1-10-16-17-14(18-10)13-4-2-11(3-5-13)12-6-8-15-9-7-12/h2-6,15H,7-9H2,1H3. The van der Waals surface area contributed by atoms with Crippen molar-refractivity contribution in [2.24, 2.45) is 0 Å². The molecule has 0 saturated heterocycles. The average Bonchev–Trinajstić information content (AvgIpc) is 2.87. The summed E-state index contributed by atoms with van der Waals surface area (Å²) >= 11 is 0. The molecule has 4 heteroatoms. The largest absolute Gasteiger partial charge is 0.421 e. The minimum atomic E-state index is 0.582. The van der Waals surface area contributed by atoms with Gasteiger partial charge >= 0.3 is 0 Å². The highest BCUT2D eigenvalue weighted by Crippen LogP contribution is 2.23. The zero-order valence-corrected chi connectivity index (χ0v) is 10.3. The number of aromatic nitrogens is 2. The molecule has 0 fully saturated rings. The average molecular weight is 241 g/mol. The Hall–Kier alpha value is -1.94. The van der Waals surface area contributed by atoms with Crippen LogP contribution in [0.5, 0.6) is 0 Å². The summed E-state index contributed by atoms with van der Waals surface area (Å²) in [5.41, 5.74) is 3.65. The minimum absolute atomic E-state index is 0.582. The molecular formula is C14H15N3O. The van der Waals surface area contributed by atoms with Gasteiger partial charge in [-0.1, -0.05) is 18.2 Å². The summed E-state index contributed by atoms with van der Waals surface area (Å²) in [6.07, 6.45) is 3.33. The smallest absolute Gasteiger partial charge is 0.247 e. The molecule has 92 valence electrons. The van der Waals surface area contributed by atoms with Crippen molar-refractivity contribution in [3.05, 3.63) is 41.8 Å². The number of hydrogen-bond acceptors (Lipinski definition) is 4. The molecule has 0 amide bonds. The first-order valence-corrected chi connectivity index (χ1v) is 6.13. The molecule has 18 heavy (non-hydrogen) atoms. The lowest BCUT2D eigenvalue weighted by molar-refractivity contribution is 0.533. The van der Waals surface area contributed by atoms with E-state index in [1.807, 2.05) is 12.1 Å². The van der Waals surface area contributed by atoms with Crippen molar-refractivity contribution in [3.63, 3.8) is 0 Å². The fraction of sp³-hybridized carbons (Fsp3) is 0.286. The van der Waals surface area contributed by atoms with Crippen molar-refractivity contribution >= 4 is 5.57 Å². The fourth-order valence-corrected chi connectivity index (χ4v) is 2.12. The molecule has 3 rings (SSSR count). The maximum Gasteiger partial charge on any atom is 0.247 e. The van der Waals surface area contributed by atoms with Gasteiger partial charge in [0.05, 0.1) is 0 Å². The first-order chi connectivity index (χ1) is 8.83. The van der Waals surface area contributed by atoms with Gasteiger partial charge in [-0.3, -0.25) is 0 Å². The summed E-state index contributed by atoms with van der Waals surface area (Å²) in [6, 6.07) is 8.30. The van der Waals surface area contributed by atoms with Crippen LogP contribution in [0, 0.1) is 6.92 Å². The molecule has 1 aliphatic heterocycles. The van der Waals surface area contributed by atoms with E-state index < -0.39 is 0 Å². The first-order valence-electron chi connectivity index (χ1n) is 6.13. The zero-order chi connectivity index (χ0) is 12.4. The highest BCUT2D eigenvalue weighted by Gasteiger charge is 2.08. The van der Waals surface area contributed by atoms with Gasteiger partial charge in [-0.2, -0.15) is 0 Å². The second-order valence-corrected chi connectivity index (χ2v) is 4.39. The Morgan fingerprint density at radius 3 is 2.50 bits per heavy atom. The third-order valence-electron chi connectivity index (χ3n) is 3.09.